The quantitative estimate of drug-likeness (QED) is 0.674. The van der Waals surface area contributed by atoms with Crippen LogP contribution in [0.25, 0.3) is 0 Å². The summed E-state index contributed by atoms with van der Waals surface area (Å²) >= 11 is 7.10. The van der Waals surface area contributed by atoms with E-state index >= 15 is 0 Å². The highest BCUT2D eigenvalue weighted by Crippen LogP contribution is 2.34. The maximum absolute atomic E-state index is 6.14. The molecule has 2 nitrogen and oxygen atoms in total. The van der Waals surface area contributed by atoms with Gasteiger partial charge in [0.25, 0.3) is 0 Å². The molecule has 0 fully saturated rings. The fourth-order valence-electron chi connectivity index (χ4n) is 2.20. The summed E-state index contributed by atoms with van der Waals surface area (Å²) in [6.45, 7) is 6.26. The van der Waals surface area contributed by atoms with Crippen LogP contribution in [-0.2, 0) is 0 Å². The van der Waals surface area contributed by atoms with Gasteiger partial charge in [0, 0.05) is 20.6 Å². The third-order valence-electron chi connectivity index (χ3n) is 3.51. The van der Waals surface area contributed by atoms with E-state index in [1.165, 1.54) is 11.1 Å². The number of aryl methyl sites for hydroxylation is 2. The number of benzene rings is 2. The fourth-order valence-corrected chi connectivity index (χ4v) is 2.77. The third kappa shape index (κ3) is 3.87. The molecule has 2 aromatic carbocycles. The average molecular weight is 413 g/mol. The summed E-state index contributed by atoms with van der Waals surface area (Å²) in [6.07, 6.45) is 0. The first-order valence-corrected chi connectivity index (χ1v) is 8.42. The number of ether oxygens (including phenoxy) is 1. The first kappa shape index (κ1) is 16.5. The number of hydrogen-bond donors (Lipinski definition) is 1. The van der Waals surface area contributed by atoms with Crippen LogP contribution in [0.4, 0.5) is 0 Å². The molecule has 0 saturated carbocycles. The second-order valence-corrected chi connectivity index (χ2v) is 6.87. The molecular formula is C17H19Br2NO. The minimum absolute atomic E-state index is 0.228. The van der Waals surface area contributed by atoms with Crippen LogP contribution < -0.4 is 10.1 Å². The maximum atomic E-state index is 6.14. The summed E-state index contributed by atoms with van der Waals surface area (Å²) in [7, 11) is 1.95. The van der Waals surface area contributed by atoms with E-state index in [1.807, 2.05) is 31.3 Å². The summed E-state index contributed by atoms with van der Waals surface area (Å²) in [6, 6.07) is 10.5. The molecule has 0 aliphatic heterocycles. The lowest BCUT2D eigenvalue weighted by molar-refractivity contribution is 0.465. The van der Waals surface area contributed by atoms with Crippen LogP contribution in [0.5, 0.6) is 11.5 Å². The zero-order chi connectivity index (χ0) is 15.6. The zero-order valence-electron chi connectivity index (χ0n) is 12.6. The summed E-state index contributed by atoms with van der Waals surface area (Å²) in [5, 5.41) is 3.26. The standard InChI is InChI=1S/C17H19Br2NO/c1-10-7-14(8-11(2)17(10)19)21-16-9-13(18)5-6-15(16)12(3)20-4/h5-9,12,20H,1-4H3. The molecule has 0 aliphatic carbocycles. The van der Waals surface area contributed by atoms with Crippen LogP contribution in [0, 0.1) is 13.8 Å². The molecule has 0 aliphatic rings. The predicted molar refractivity (Wildman–Crippen MR) is 95.3 cm³/mol. The van der Waals surface area contributed by atoms with Crippen molar-refractivity contribution in [3.8, 4) is 11.5 Å². The topological polar surface area (TPSA) is 21.3 Å². The Balaban J connectivity index is 2.41. The van der Waals surface area contributed by atoms with Crippen molar-refractivity contribution < 1.29 is 4.74 Å². The van der Waals surface area contributed by atoms with Crippen molar-refractivity contribution >= 4 is 31.9 Å². The largest absolute Gasteiger partial charge is 0.457 e. The normalized spacial score (nSPS) is 12.3. The molecule has 0 bridgehead atoms. The third-order valence-corrected chi connectivity index (χ3v) is 5.26. The molecular weight excluding hydrogens is 394 g/mol. The van der Waals surface area contributed by atoms with Gasteiger partial charge in [0.2, 0.25) is 0 Å². The summed E-state index contributed by atoms with van der Waals surface area (Å²) in [5.74, 6) is 1.73. The van der Waals surface area contributed by atoms with E-state index < -0.39 is 0 Å². The molecule has 1 atom stereocenters. The van der Waals surface area contributed by atoms with Crippen LogP contribution in [-0.4, -0.2) is 7.05 Å². The lowest BCUT2D eigenvalue weighted by atomic mass is 10.1. The molecule has 0 heterocycles. The van der Waals surface area contributed by atoms with Gasteiger partial charge in [-0.1, -0.05) is 37.9 Å². The van der Waals surface area contributed by atoms with E-state index in [4.69, 9.17) is 4.74 Å². The van der Waals surface area contributed by atoms with Crippen molar-refractivity contribution in [2.24, 2.45) is 0 Å². The van der Waals surface area contributed by atoms with Crippen LogP contribution >= 0.6 is 31.9 Å². The van der Waals surface area contributed by atoms with E-state index in [1.54, 1.807) is 0 Å². The first-order valence-electron chi connectivity index (χ1n) is 6.83. The van der Waals surface area contributed by atoms with Gasteiger partial charge in [-0.05, 0) is 63.2 Å². The molecule has 21 heavy (non-hydrogen) atoms. The first-order chi connectivity index (χ1) is 9.92. The molecule has 0 spiro atoms. The molecule has 0 saturated heterocycles. The maximum Gasteiger partial charge on any atom is 0.133 e. The smallest absolute Gasteiger partial charge is 0.133 e. The van der Waals surface area contributed by atoms with Crippen LogP contribution in [0.3, 0.4) is 0 Å². The highest BCUT2D eigenvalue weighted by atomic mass is 79.9. The van der Waals surface area contributed by atoms with Crippen molar-refractivity contribution in [1.29, 1.82) is 0 Å². The van der Waals surface area contributed by atoms with Crippen LogP contribution in [0.2, 0.25) is 0 Å². The van der Waals surface area contributed by atoms with Gasteiger partial charge in [-0.15, -0.1) is 0 Å². The lowest BCUT2D eigenvalue weighted by Crippen LogP contribution is -2.13. The van der Waals surface area contributed by atoms with Crippen molar-refractivity contribution in [2.75, 3.05) is 7.05 Å². The molecule has 0 radical (unpaired) electrons. The molecule has 0 aromatic heterocycles. The molecule has 2 rings (SSSR count). The van der Waals surface area contributed by atoms with E-state index in [0.29, 0.717) is 0 Å². The van der Waals surface area contributed by atoms with Gasteiger partial charge in [-0.25, -0.2) is 0 Å². The summed E-state index contributed by atoms with van der Waals surface area (Å²) in [5.41, 5.74) is 3.48. The molecule has 112 valence electrons. The van der Waals surface area contributed by atoms with Gasteiger partial charge in [-0.2, -0.15) is 0 Å². The van der Waals surface area contributed by atoms with Gasteiger partial charge in [-0.3, -0.25) is 0 Å². The SMILES string of the molecule is CNC(C)c1ccc(Br)cc1Oc1cc(C)c(Br)c(C)c1. The Kier molecular flexibility index (Phi) is 5.47. The van der Waals surface area contributed by atoms with Gasteiger partial charge in [0.1, 0.15) is 11.5 Å². The van der Waals surface area contributed by atoms with Gasteiger partial charge in [0.05, 0.1) is 0 Å². The Morgan fingerprint density at radius 3 is 2.24 bits per heavy atom. The number of nitrogens with one attached hydrogen (secondary N) is 1. The Bertz CT molecular complexity index is 632. The minimum Gasteiger partial charge on any atom is -0.457 e. The number of rotatable bonds is 4. The molecule has 0 amide bonds. The van der Waals surface area contributed by atoms with Crippen LogP contribution in [0.1, 0.15) is 29.7 Å². The summed E-state index contributed by atoms with van der Waals surface area (Å²) in [4.78, 5) is 0. The molecule has 2 aromatic rings. The second kappa shape index (κ2) is 6.95. The lowest BCUT2D eigenvalue weighted by Gasteiger charge is -2.17. The van der Waals surface area contributed by atoms with E-state index in [9.17, 15) is 0 Å². The Morgan fingerprint density at radius 2 is 1.67 bits per heavy atom. The van der Waals surface area contributed by atoms with Crippen LogP contribution in [0.15, 0.2) is 39.3 Å². The Hall–Kier alpha value is -0.840. The molecule has 4 heteroatoms. The average Bonchev–Trinajstić information content (AvgIpc) is 2.44. The van der Waals surface area contributed by atoms with E-state index in [-0.39, 0.29) is 6.04 Å². The summed E-state index contributed by atoms with van der Waals surface area (Å²) < 4.78 is 8.28. The highest BCUT2D eigenvalue weighted by Gasteiger charge is 2.12. The van der Waals surface area contributed by atoms with E-state index in [0.717, 1.165) is 26.0 Å². The van der Waals surface area contributed by atoms with Crippen molar-refractivity contribution in [3.05, 3.63) is 56.0 Å². The van der Waals surface area contributed by atoms with Crippen molar-refractivity contribution in [2.45, 2.75) is 26.8 Å². The monoisotopic (exact) mass is 411 g/mol. The zero-order valence-corrected chi connectivity index (χ0v) is 15.8. The second-order valence-electron chi connectivity index (χ2n) is 5.17. The van der Waals surface area contributed by atoms with E-state index in [2.05, 4.69) is 64.0 Å². The van der Waals surface area contributed by atoms with Gasteiger partial charge in [0.15, 0.2) is 0 Å². The minimum atomic E-state index is 0.228. The van der Waals surface area contributed by atoms with Gasteiger partial charge < -0.3 is 10.1 Å². The van der Waals surface area contributed by atoms with Crippen molar-refractivity contribution in [3.63, 3.8) is 0 Å². The molecule has 1 N–H and O–H groups in total. The Labute approximate surface area is 143 Å². The van der Waals surface area contributed by atoms with Crippen molar-refractivity contribution in [1.82, 2.24) is 5.32 Å². The number of hydrogen-bond acceptors (Lipinski definition) is 2. The predicted octanol–water partition coefficient (Wildman–Crippen LogP) is 5.90. The fraction of sp³-hybridized carbons (Fsp3) is 0.294. The Morgan fingerprint density at radius 1 is 1.05 bits per heavy atom. The number of halogens is 2. The van der Waals surface area contributed by atoms with Gasteiger partial charge >= 0.3 is 0 Å². The molecule has 1 unspecified atom stereocenters. The highest BCUT2D eigenvalue weighted by molar-refractivity contribution is 9.10.